The summed E-state index contributed by atoms with van der Waals surface area (Å²) in [5, 5.41) is 2.74. The number of hydrogen-bond acceptors (Lipinski definition) is 2. The summed E-state index contributed by atoms with van der Waals surface area (Å²) in [5.74, 6) is -1.51. The Balaban J connectivity index is 1.91. The van der Waals surface area contributed by atoms with Crippen LogP contribution in [0.4, 0.5) is 8.78 Å². The van der Waals surface area contributed by atoms with Gasteiger partial charge in [0.25, 0.3) is 5.91 Å². The van der Waals surface area contributed by atoms with Crippen molar-refractivity contribution in [2.45, 2.75) is 19.9 Å². The Labute approximate surface area is 137 Å². The third kappa shape index (κ3) is 3.13. The topological polar surface area (TPSA) is 57.8 Å². The highest BCUT2D eigenvalue weighted by atomic mass is 19.1. The SMILES string of the molecule is CC(C)C(NC(=O)c1cc(F)ccc1F)c1nc2ccccc2[nH]1. The van der Waals surface area contributed by atoms with Crippen molar-refractivity contribution in [3.8, 4) is 0 Å². The number of para-hydroxylation sites is 2. The van der Waals surface area contributed by atoms with Gasteiger partial charge in [-0.3, -0.25) is 4.79 Å². The molecule has 1 heterocycles. The van der Waals surface area contributed by atoms with E-state index in [0.29, 0.717) is 5.82 Å². The fraction of sp³-hybridized carbons (Fsp3) is 0.222. The number of aromatic amines is 1. The molecule has 3 aromatic rings. The number of benzene rings is 2. The molecule has 1 atom stereocenters. The van der Waals surface area contributed by atoms with Gasteiger partial charge in [0.1, 0.15) is 17.5 Å². The van der Waals surface area contributed by atoms with Crippen LogP contribution in [0.15, 0.2) is 42.5 Å². The molecule has 0 aliphatic rings. The number of nitrogens with one attached hydrogen (secondary N) is 2. The van der Waals surface area contributed by atoms with Gasteiger partial charge in [-0.1, -0.05) is 26.0 Å². The van der Waals surface area contributed by atoms with Crippen LogP contribution in [0.3, 0.4) is 0 Å². The zero-order valence-electron chi connectivity index (χ0n) is 13.3. The molecule has 0 radical (unpaired) electrons. The highest BCUT2D eigenvalue weighted by Crippen LogP contribution is 2.23. The Morgan fingerprint density at radius 2 is 1.92 bits per heavy atom. The Morgan fingerprint density at radius 3 is 2.62 bits per heavy atom. The molecule has 0 saturated carbocycles. The summed E-state index contributed by atoms with van der Waals surface area (Å²) in [5.41, 5.74) is 1.31. The molecule has 0 fully saturated rings. The Morgan fingerprint density at radius 1 is 1.17 bits per heavy atom. The minimum Gasteiger partial charge on any atom is -0.342 e. The lowest BCUT2D eigenvalue weighted by molar-refractivity contribution is 0.0918. The molecular weight excluding hydrogens is 312 g/mol. The first-order chi connectivity index (χ1) is 11.5. The third-order valence-corrected chi connectivity index (χ3v) is 3.83. The molecule has 1 unspecified atom stereocenters. The van der Waals surface area contributed by atoms with E-state index in [2.05, 4.69) is 15.3 Å². The van der Waals surface area contributed by atoms with Crippen molar-refractivity contribution in [3.63, 3.8) is 0 Å². The Hall–Kier alpha value is -2.76. The fourth-order valence-electron chi connectivity index (χ4n) is 2.56. The molecule has 1 aromatic heterocycles. The van der Waals surface area contributed by atoms with Crippen LogP contribution in [0, 0.1) is 17.6 Å². The lowest BCUT2D eigenvalue weighted by Gasteiger charge is -2.20. The van der Waals surface area contributed by atoms with E-state index in [-0.39, 0.29) is 11.5 Å². The second kappa shape index (κ2) is 6.39. The summed E-state index contributed by atoms with van der Waals surface area (Å²) in [7, 11) is 0. The summed E-state index contributed by atoms with van der Waals surface area (Å²) in [6, 6.07) is 9.86. The molecule has 3 rings (SSSR count). The molecule has 0 aliphatic heterocycles. The first kappa shape index (κ1) is 16.1. The smallest absolute Gasteiger partial charge is 0.254 e. The minimum absolute atomic E-state index is 0.00568. The van der Waals surface area contributed by atoms with Gasteiger partial charge in [-0.25, -0.2) is 13.8 Å². The molecular formula is C18H17F2N3O. The summed E-state index contributed by atoms with van der Waals surface area (Å²) >= 11 is 0. The second-order valence-electron chi connectivity index (χ2n) is 5.96. The van der Waals surface area contributed by atoms with Gasteiger partial charge in [0.15, 0.2) is 0 Å². The molecule has 1 amide bonds. The van der Waals surface area contributed by atoms with E-state index in [1.54, 1.807) is 0 Å². The van der Waals surface area contributed by atoms with Gasteiger partial charge < -0.3 is 10.3 Å². The number of hydrogen-bond donors (Lipinski definition) is 2. The van der Waals surface area contributed by atoms with Crippen LogP contribution in [0.1, 0.15) is 36.1 Å². The normalized spacial score (nSPS) is 12.5. The van der Waals surface area contributed by atoms with Crippen molar-refractivity contribution in [3.05, 3.63) is 65.5 Å². The van der Waals surface area contributed by atoms with Gasteiger partial charge in [-0.15, -0.1) is 0 Å². The van der Waals surface area contributed by atoms with Crippen molar-refractivity contribution in [2.75, 3.05) is 0 Å². The summed E-state index contributed by atoms with van der Waals surface area (Å²) in [6.07, 6.45) is 0. The van der Waals surface area contributed by atoms with Gasteiger partial charge in [-0.2, -0.15) is 0 Å². The van der Waals surface area contributed by atoms with Gasteiger partial charge >= 0.3 is 0 Å². The number of fused-ring (bicyclic) bond motifs is 1. The number of carbonyl (C=O) groups is 1. The van der Waals surface area contributed by atoms with Crippen LogP contribution in [0.5, 0.6) is 0 Å². The predicted molar refractivity (Wildman–Crippen MR) is 87.5 cm³/mol. The number of rotatable bonds is 4. The van der Waals surface area contributed by atoms with Crippen LogP contribution in [-0.4, -0.2) is 15.9 Å². The summed E-state index contributed by atoms with van der Waals surface area (Å²) in [6.45, 7) is 3.83. The summed E-state index contributed by atoms with van der Waals surface area (Å²) in [4.78, 5) is 20.0. The molecule has 24 heavy (non-hydrogen) atoms. The van der Waals surface area contributed by atoms with Crippen LogP contribution in [0.2, 0.25) is 0 Å². The fourth-order valence-corrected chi connectivity index (χ4v) is 2.56. The molecule has 4 nitrogen and oxygen atoms in total. The molecule has 0 spiro atoms. The molecule has 0 saturated heterocycles. The van der Waals surface area contributed by atoms with Crippen molar-refractivity contribution in [1.29, 1.82) is 0 Å². The number of carbonyl (C=O) groups excluding carboxylic acids is 1. The Kier molecular flexibility index (Phi) is 4.29. The standard InChI is InChI=1S/C18H17F2N3O/c1-10(2)16(17-21-14-5-3-4-6-15(14)22-17)23-18(24)12-9-11(19)7-8-13(12)20/h3-10,16H,1-2H3,(H,21,22)(H,23,24). The van der Waals surface area contributed by atoms with Crippen LogP contribution >= 0.6 is 0 Å². The zero-order valence-corrected chi connectivity index (χ0v) is 13.3. The Bertz CT molecular complexity index is 856. The second-order valence-corrected chi connectivity index (χ2v) is 5.96. The number of nitrogens with zero attached hydrogens (tertiary/aromatic N) is 1. The van der Waals surface area contributed by atoms with Gasteiger partial charge in [0.2, 0.25) is 0 Å². The maximum Gasteiger partial charge on any atom is 0.254 e. The molecule has 2 N–H and O–H groups in total. The van der Waals surface area contributed by atoms with Crippen molar-refractivity contribution >= 4 is 16.9 Å². The molecule has 124 valence electrons. The van der Waals surface area contributed by atoms with Crippen molar-refractivity contribution in [2.24, 2.45) is 5.92 Å². The maximum absolute atomic E-state index is 13.8. The highest BCUT2D eigenvalue weighted by Gasteiger charge is 2.24. The largest absolute Gasteiger partial charge is 0.342 e. The quantitative estimate of drug-likeness (QED) is 0.761. The summed E-state index contributed by atoms with van der Waals surface area (Å²) < 4.78 is 27.1. The van der Waals surface area contributed by atoms with E-state index in [0.717, 1.165) is 29.2 Å². The van der Waals surface area contributed by atoms with E-state index >= 15 is 0 Å². The van der Waals surface area contributed by atoms with Gasteiger partial charge in [0, 0.05) is 0 Å². The van der Waals surface area contributed by atoms with Gasteiger partial charge in [0.05, 0.1) is 22.6 Å². The van der Waals surface area contributed by atoms with Crippen molar-refractivity contribution < 1.29 is 13.6 Å². The van der Waals surface area contributed by atoms with E-state index in [4.69, 9.17) is 0 Å². The van der Waals surface area contributed by atoms with Crippen LogP contribution in [-0.2, 0) is 0 Å². The minimum atomic E-state index is -0.763. The van der Waals surface area contributed by atoms with Crippen molar-refractivity contribution in [1.82, 2.24) is 15.3 Å². The van der Waals surface area contributed by atoms with E-state index in [1.165, 1.54) is 0 Å². The van der Waals surface area contributed by atoms with E-state index in [1.807, 2.05) is 38.1 Å². The average Bonchev–Trinajstić information content (AvgIpc) is 2.97. The zero-order chi connectivity index (χ0) is 17.3. The maximum atomic E-state index is 13.8. The first-order valence-electron chi connectivity index (χ1n) is 7.66. The van der Waals surface area contributed by atoms with E-state index in [9.17, 15) is 13.6 Å². The lowest BCUT2D eigenvalue weighted by atomic mass is 10.0. The number of aromatic nitrogens is 2. The molecule has 2 aromatic carbocycles. The van der Waals surface area contributed by atoms with E-state index < -0.39 is 23.6 Å². The van der Waals surface area contributed by atoms with Gasteiger partial charge in [-0.05, 0) is 36.2 Å². The number of imidazole rings is 1. The highest BCUT2D eigenvalue weighted by molar-refractivity contribution is 5.94. The average molecular weight is 329 g/mol. The first-order valence-corrected chi connectivity index (χ1v) is 7.66. The monoisotopic (exact) mass is 329 g/mol. The van der Waals surface area contributed by atoms with Crippen LogP contribution in [0.25, 0.3) is 11.0 Å². The molecule has 0 aliphatic carbocycles. The lowest BCUT2D eigenvalue weighted by Crippen LogP contribution is -2.33. The predicted octanol–water partition coefficient (Wildman–Crippen LogP) is 3.97. The number of halogens is 2. The number of H-pyrrole nitrogens is 1. The third-order valence-electron chi connectivity index (χ3n) is 3.83. The molecule has 6 heteroatoms. The molecule has 0 bridgehead atoms. The number of amides is 1. The van der Waals surface area contributed by atoms with Crippen LogP contribution < -0.4 is 5.32 Å².